The highest BCUT2D eigenvalue weighted by Crippen LogP contribution is 2.20. The number of aromatic nitrogens is 1. The van der Waals surface area contributed by atoms with Crippen LogP contribution in [0.5, 0.6) is 0 Å². The molecule has 0 saturated heterocycles. The fourth-order valence-corrected chi connectivity index (χ4v) is 2.02. The average Bonchev–Trinajstić information content (AvgIpc) is 2.75. The molecule has 2 aromatic rings. The molecule has 0 aliphatic carbocycles. The molecule has 0 bridgehead atoms. The molecule has 0 aromatic carbocycles. The summed E-state index contributed by atoms with van der Waals surface area (Å²) in [6.07, 6.45) is 1.23. The zero-order chi connectivity index (χ0) is 13.8. The number of halogens is 1. The Morgan fingerprint density at radius 3 is 2.84 bits per heavy atom. The van der Waals surface area contributed by atoms with E-state index in [1.165, 1.54) is 12.3 Å². The first-order valence-corrected chi connectivity index (χ1v) is 6.15. The summed E-state index contributed by atoms with van der Waals surface area (Å²) in [5, 5.41) is 3.02. The van der Waals surface area contributed by atoms with Crippen LogP contribution in [0.4, 0.5) is 10.2 Å². The van der Waals surface area contributed by atoms with E-state index in [0.717, 1.165) is 22.9 Å². The van der Waals surface area contributed by atoms with Crippen LogP contribution in [0.3, 0.4) is 0 Å². The van der Waals surface area contributed by atoms with Crippen molar-refractivity contribution in [2.45, 2.75) is 20.0 Å². The lowest BCUT2D eigenvalue weighted by atomic mass is 10.2. The van der Waals surface area contributed by atoms with Gasteiger partial charge in [-0.3, -0.25) is 0 Å². The third-order valence-electron chi connectivity index (χ3n) is 2.83. The number of nitrogens with zero attached hydrogens (tertiary/aromatic N) is 2. The van der Waals surface area contributed by atoms with Crippen LogP contribution in [0.2, 0.25) is 0 Å². The SMILES string of the molecule is CNCc1cc(F)cnc1N(C)Cc1ccc(C)o1. The van der Waals surface area contributed by atoms with Gasteiger partial charge >= 0.3 is 0 Å². The van der Waals surface area contributed by atoms with E-state index in [1.807, 2.05) is 38.1 Å². The molecule has 5 heteroatoms. The van der Waals surface area contributed by atoms with Gasteiger partial charge in [0.05, 0.1) is 12.7 Å². The second kappa shape index (κ2) is 5.84. The molecule has 2 aromatic heterocycles. The summed E-state index contributed by atoms with van der Waals surface area (Å²) in [7, 11) is 3.74. The van der Waals surface area contributed by atoms with Gasteiger partial charge in [0.15, 0.2) is 0 Å². The monoisotopic (exact) mass is 263 g/mol. The lowest BCUT2D eigenvalue weighted by Crippen LogP contribution is -2.21. The highest BCUT2D eigenvalue weighted by Gasteiger charge is 2.12. The van der Waals surface area contributed by atoms with Crippen molar-refractivity contribution < 1.29 is 8.81 Å². The topological polar surface area (TPSA) is 41.3 Å². The van der Waals surface area contributed by atoms with Gasteiger partial charge < -0.3 is 14.6 Å². The van der Waals surface area contributed by atoms with Crippen molar-refractivity contribution in [1.82, 2.24) is 10.3 Å². The Balaban J connectivity index is 2.20. The summed E-state index contributed by atoms with van der Waals surface area (Å²) in [5.74, 6) is 2.17. The smallest absolute Gasteiger partial charge is 0.141 e. The number of nitrogens with one attached hydrogen (secondary N) is 1. The maximum Gasteiger partial charge on any atom is 0.141 e. The molecule has 0 spiro atoms. The first kappa shape index (κ1) is 13.5. The van der Waals surface area contributed by atoms with Gasteiger partial charge in [0, 0.05) is 19.2 Å². The van der Waals surface area contributed by atoms with Crippen molar-refractivity contribution in [2.75, 3.05) is 19.0 Å². The van der Waals surface area contributed by atoms with Crippen molar-refractivity contribution in [3.8, 4) is 0 Å². The van der Waals surface area contributed by atoms with E-state index < -0.39 is 0 Å². The molecule has 0 aliphatic heterocycles. The molecule has 0 fully saturated rings. The molecule has 0 amide bonds. The number of pyridine rings is 1. The van der Waals surface area contributed by atoms with Gasteiger partial charge in [-0.2, -0.15) is 0 Å². The largest absolute Gasteiger partial charge is 0.464 e. The number of furan rings is 1. The third kappa shape index (κ3) is 3.32. The second-order valence-corrected chi connectivity index (χ2v) is 4.54. The van der Waals surface area contributed by atoms with E-state index in [9.17, 15) is 4.39 Å². The number of hydrogen-bond acceptors (Lipinski definition) is 4. The molecule has 0 radical (unpaired) electrons. The number of hydrogen-bond donors (Lipinski definition) is 1. The first-order chi connectivity index (χ1) is 9.10. The molecule has 0 unspecified atom stereocenters. The molecule has 0 aliphatic rings. The quantitative estimate of drug-likeness (QED) is 0.899. The van der Waals surface area contributed by atoms with Crippen LogP contribution in [-0.2, 0) is 13.1 Å². The zero-order valence-corrected chi connectivity index (χ0v) is 11.4. The minimum Gasteiger partial charge on any atom is -0.464 e. The Bertz CT molecular complexity index is 553. The molecule has 19 heavy (non-hydrogen) atoms. The second-order valence-electron chi connectivity index (χ2n) is 4.54. The van der Waals surface area contributed by atoms with E-state index in [2.05, 4.69) is 10.3 Å². The van der Waals surface area contributed by atoms with E-state index in [4.69, 9.17) is 4.42 Å². The predicted octanol–water partition coefficient (Wildman–Crippen LogP) is 2.48. The van der Waals surface area contributed by atoms with Crippen molar-refractivity contribution in [2.24, 2.45) is 0 Å². The highest BCUT2D eigenvalue weighted by molar-refractivity contribution is 5.46. The lowest BCUT2D eigenvalue weighted by molar-refractivity contribution is 0.481. The highest BCUT2D eigenvalue weighted by atomic mass is 19.1. The van der Waals surface area contributed by atoms with E-state index in [1.54, 1.807) is 0 Å². The Morgan fingerprint density at radius 2 is 2.21 bits per heavy atom. The first-order valence-electron chi connectivity index (χ1n) is 6.15. The molecule has 0 atom stereocenters. The summed E-state index contributed by atoms with van der Waals surface area (Å²) in [4.78, 5) is 6.12. The van der Waals surface area contributed by atoms with Crippen molar-refractivity contribution in [3.05, 3.63) is 47.3 Å². The van der Waals surface area contributed by atoms with Gasteiger partial charge in [-0.1, -0.05) is 0 Å². The maximum absolute atomic E-state index is 13.2. The maximum atomic E-state index is 13.2. The van der Waals surface area contributed by atoms with Gasteiger partial charge in [-0.25, -0.2) is 9.37 Å². The van der Waals surface area contributed by atoms with Crippen LogP contribution in [0, 0.1) is 12.7 Å². The van der Waals surface area contributed by atoms with Crippen molar-refractivity contribution in [3.63, 3.8) is 0 Å². The third-order valence-corrected chi connectivity index (χ3v) is 2.83. The predicted molar refractivity (Wildman–Crippen MR) is 72.5 cm³/mol. The van der Waals surface area contributed by atoms with Gasteiger partial charge in [0.1, 0.15) is 23.2 Å². The zero-order valence-electron chi connectivity index (χ0n) is 11.4. The molecule has 2 heterocycles. The Kier molecular flexibility index (Phi) is 4.16. The van der Waals surface area contributed by atoms with Gasteiger partial charge in [0.2, 0.25) is 0 Å². The number of aryl methyl sites for hydroxylation is 1. The summed E-state index contributed by atoms with van der Waals surface area (Å²) in [6, 6.07) is 5.37. The summed E-state index contributed by atoms with van der Waals surface area (Å²) in [5.41, 5.74) is 0.827. The van der Waals surface area contributed by atoms with Gasteiger partial charge in [-0.15, -0.1) is 0 Å². The minimum absolute atomic E-state index is 0.323. The van der Waals surface area contributed by atoms with Crippen molar-refractivity contribution >= 4 is 5.82 Å². The number of anilines is 1. The molecule has 1 N–H and O–H groups in total. The minimum atomic E-state index is -0.323. The molecule has 102 valence electrons. The van der Waals surface area contributed by atoms with Crippen LogP contribution >= 0.6 is 0 Å². The van der Waals surface area contributed by atoms with Gasteiger partial charge in [-0.05, 0) is 32.2 Å². The van der Waals surface area contributed by atoms with Crippen LogP contribution in [0.25, 0.3) is 0 Å². The fourth-order valence-electron chi connectivity index (χ4n) is 2.02. The Hall–Kier alpha value is -1.88. The van der Waals surface area contributed by atoms with Crippen LogP contribution in [0.1, 0.15) is 17.1 Å². The molecular formula is C14H18FN3O. The molecule has 0 saturated carbocycles. The van der Waals surface area contributed by atoms with E-state index in [0.29, 0.717) is 13.1 Å². The van der Waals surface area contributed by atoms with Crippen LogP contribution < -0.4 is 10.2 Å². The van der Waals surface area contributed by atoms with Crippen LogP contribution in [-0.4, -0.2) is 19.1 Å². The van der Waals surface area contributed by atoms with Gasteiger partial charge in [0.25, 0.3) is 0 Å². The molecule has 4 nitrogen and oxygen atoms in total. The van der Waals surface area contributed by atoms with Crippen molar-refractivity contribution in [1.29, 1.82) is 0 Å². The fraction of sp³-hybridized carbons (Fsp3) is 0.357. The Morgan fingerprint density at radius 1 is 1.42 bits per heavy atom. The summed E-state index contributed by atoms with van der Waals surface area (Å²) >= 11 is 0. The summed E-state index contributed by atoms with van der Waals surface area (Å²) in [6.45, 7) is 3.08. The lowest BCUT2D eigenvalue weighted by Gasteiger charge is -2.20. The van der Waals surface area contributed by atoms with E-state index >= 15 is 0 Å². The number of rotatable bonds is 5. The van der Waals surface area contributed by atoms with E-state index in [-0.39, 0.29) is 5.82 Å². The standard InChI is InChI=1S/C14H18FN3O/c1-10-4-5-13(19-10)9-18(3)14-11(7-16-2)6-12(15)8-17-14/h4-6,8,16H,7,9H2,1-3H3. The average molecular weight is 263 g/mol. The van der Waals surface area contributed by atoms with Crippen LogP contribution in [0.15, 0.2) is 28.8 Å². The molecular weight excluding hydrogens is 245 g/mol. The Labute approximate surface area is 112 Å². The normalized spacial score (nSPS) is 10.7. The molecule has 2 rings (SSSR count). The summed E-state index contributed by atoms with van der Waals surface area (Å²) < 4.78 is 18.8.